The average Bonchev–Trinajstić information content (AvgIpc) is 2.16. The topological polar surface area (TPSA) is 80.4 Å². The number of carbonyl (C=O) groups is 1. The third-order valence-electron chi connectivity index (χ3n) is 1.75. The fraction of sp³-hybridized carbons (Fsp3) is 0. The van der Waals surface area contributed by atoms with Crippen LogP contribution in [-0.2, 0) is 4.79 Å². The first-order valence-corrected chi connectivity index (χ1v) is 4.18. The van der Waals surface area contributed by atoms with Gasteiger partial charge in [0.1, 0.15) is 0 Å². The maximum Gasteiger partial charge on any atom is 0.336 e. The van der Waals surface area contributed by atoms with E-state index in [2.05, 4.69) is 6.58 Å². The molecule has 0 aliphatic rings. The van der Waals surface area contributed by atoms with Gasteiger partial charge in [0.05, 0.1) is 21.1 Å². The summed E-state index contributed by atoms with van der Waals surface area (Å²) in [7, 11) is 0. The molecule has 0 unspecified atom stereocenters. The molecule has 0 aliphatic carbocycles. The minimum absolute atomic E-state index is 0.00315. The third kappa shape index (κ3) is 2.13. The monoisotopic (exact) mass is 227 g/mol. The van der Waals surface area contributed by atoms with Crippen LogP contribution < -0.4 is 0 Å². The van der Waals surface area contributed by atoms with Gasteiger partial charge in [-0.05, 0) is 6.07 Å². The predicted octanol–water partition coefficient (Wildman–Crippen LogP) is 2.35. The number of hydrogen-bond donors (Lipinski definition) is 1. The fourth-order valence-electron chi connectivity index (χ4n) is 1.07. The Kier molecular flexibility index (Phi) is 3.06. The summed E-state index contributed by atoms with van der Waals surface area (Å²) in [4.78, 5) is 20.6. The van der Waals surface area contributed by atoms with E-state index < -0.39 is 16.5 Å². The lowest BCUT2D eigenvalue weighted by Crippen LogP contribution is -2.02. The highest BCUT2D eigenvalue weighted by molar-refractivity contribution is 6.34. The summed E-state index contributed by atoms with van der Waals surface area (Å²) in [5.74, 6) is -1.34. The highest BCUT2D eigenvalue weighted by atomic mass is 35.5. The molecule has 0 heterocycles. The Morgan fingerprint density at radius 1 is 1.53 bits per heavy atom. The molecule has 0 aliphatic heterocycles. The molecule has 0 amide bonds. The van der Waals surface area contributed by atoms with Gasteiger partial charge in [-0.1, -0.05) is 24.2 Å². The average molecular weight is 228 g/mol. The van der Waals surface area contributed by atoms with Crippen molar-refractivity contribution in [3.05, 3.63) is 45.5 Å². The van der Waals surface area contributed by atoms with Crippen LogP contribution in [0.1, 0.15) is 5.56 Å². The van der Waals surface area contributed by atoms with Crippen LogP contribution in [0.3, 0.4) is 0 Å². The summed E-state index contributed by atoms with van der Waals surface area (Å²) in [6.07, 6.45) is 0. The minimum Gasteiger partial charge on any atom is -0.478 e. The Balaban J connectivity index is 3.44. The molecule has 1 aromatic rings. The first-order valence-electron chi connectivity index (χ1n) is 3.80. The number of carboxylic acids is 1. The Bertz CT molecular complexity index is 455. The van der Waals surface area contributed by atoms with Gasteiger partial charge < -0.3 is 5.11 Å². The van der Waals surface area contributed by atoms with E-state index in [1.165, 1.54) is 18.2 Å². The number of nitro benzene ring substituents is 1. The molecule has 0 bridgehead atoms. The zero-order valence-corrected chi connectivity index (χ0v) is 8.19. The molecule has 0 saturated carbocycles. The van der Waals surface area contributed by atoms with Crippen molar-refractivity contribution in [3.8, 4) is 0 Å². The molecule has 6 heteroatoms. The molecule has 0 radical (unpaired) electrons. The summed E-state index contributed by atoms with van der Waals surface area (Å²) < 4.78 is 0. The van der Waals surface area contributed by atoms with Gasteiger partial charge in [-0.25, -0.2) is 4.79 Å². The highest BCUT2D eigenvalue weighted by Gasteiger charge is 2.22. The third-order valence-corrected chi connectivity index (χ3v) is 2.06. The van der Waals surface area contributed by atoms with Crippen LogP contribution in [0.4, 0.5) is 5.69 Å². The summed E-state index contributed by atoms with van der Waals surface area (Å²) >= 11 is 5.68. The molecule has 0 saturated heterocycles. The molecule has 78 valence electrons. The lowest BCUT2D eigenvalue weighted by atomic mass is 10.1. The molecule has 1 N–H and O–H groups in total. The maximum atomic E-state index is 10.6. The quantitative estimate of drug-likeness (QED) is 0.488. The molecule has 1 rings (SSSR count). The van der Waals surface area contributed by atoms with Gasteiger partial charge in [0.25, 0.3) is 5.69 Å². The zero-order valence-electron chi connectivity index (χ0n) is 7.44. The molecular weight excluding hydrogens is 222 g/mol. The van der Waals surface area contributed by atoms with Gasteiger partial charge in [-0.3, -0.25) is 10.1 Å². The highest BCUT2D eigenvalue weighted by Crippen LogP contribution is 2.31. The molecule has 1 aromatic carbocycles. The van der Waals surface area contributed by atoms with Gasteiger partial charge in [-0.15, -0.1) is 0 Å². The number of hydrogen-bond acceptors (Lipinski definition) is 3. The number of nitro groups is 1. The SMILES string of the molecule is C=C(C(=O)O)c1c(Cl)cccc1[N+](=O)[O-]. The molecule has 15 heavy (non-hydrogen) atoms. The first-order chi connectivity index (χ1) is 6.95. The number of halogens is 1. The van der Waals surface area contributed by atoms with E-state index in [0.29, 0.717) is 0 Å². The number of carboxylic acid groups (broad SMARTS) is 1. The van der Waals surface area contributed by atoms with Gasteiger partial charge in [-0.2, -0.15) is 0 Å². The standard InChI is InChI=1S/C9H6ClNO4/c1-5(9(12)13)8-6(10)3-2-4-7(8)11(14)15/h2-4H,1H2,(H,12,13). The second kappa shape index (κ2) is 4.10. The van der Waals surface area contributed by atoms with Crippen LogP contribution >= 0.6 is 11.6 Å². The number of nitrogens with zero attached hydrogens (tertiary/aromatic N) is 1. The minimum atomic E-state index is -1.34. The zero-order chi connectivity index (χ0) is 11.6. The molecule has 5 nitrogen and oxygen atoms in total. The van der Waals surface area contributed by atoms with Crippen molar-refractivity contribution in [2.45, 2.75) is 0 Å². The second-order valence-electron chi connectivity index (χ2n) is 2.67. The summed E-state index contributed by atoms with van der Waals surface area (Å²) in [5.41, 5.74) is -0.918. The van der Waals surface area contributed by atoms with Crippen LogP contribution in [0, 0.1) is 10.1 Å². The van der Waals surface area contributed by atoms with Crippen molar-refractivity contribution in [1.29, 1.82) is 0 Å². The normalized spacial score (nSPS) is 9.67. The van der Waals surface area contributed by atoms with Crippen LogP contribution in [0.15, 0.2) is 24.8 Å². The molecule has 0 atom stereocenters. The Morgan fingerprint density at radius 3 is 2.60 bits per heavy atom. The molecule has 0 aromatic heterocycles. The Morgan fingerprint density at radius 2 is 2.13 bits per heavy atom. The van der Waals surface area contributed by atoms with E-state index in [-0.39, 0.29) is 16.3 Å². The van der Waals surface area contributed by atoms with Crippen molar-refractivity contribution >= 4 is 28.8 Å². The maximum absolute atomic E-state index is 10.6. The van der Waals surface area contributed by atoms with Gasteiger partial charge in [0, 0.05) is 6.07 Å². The fourth-order valence-corrected chi connectivity index (χ4v) is 1.35. The van der Waals surface area contributed by atoms with Gasteiger partial charge in [0.15, 0.2) is 0 Å². The summed E-state index contributed by atoms with van der Waals surface area (Å²) in [6, 6.07) is 3.92. The van der Waals surface area contributed by atoms with Gasteiger partial charge in [0.2, 0.25) is 0 Å². The van der Waals surface area contributed by atoms with Crippen molar-refractivity contribution in [2.24, 2.45) is 0 Å². The van der Waals surface area contributed by atoms with E-state index in [9.17, 15) is 14.9 Å². The van der Waals surface area contributed by atoms with E-state index in [1.807, 2.05) is 0 Å². The van der Waals surface area contributed by atoms with Crippen LogP contribution in [-0.4, -0.2) is 16.0 Å². The van der Waals surface area contributed by atoms with Gasteiger partial charge >= 0.3 is 5.97 Å². The molecule has 0 spiro atoms. The Hall–Kier alpha value is -1.88. The molecular formula is C9H6ClNO4. The smallest absolute Gasteiger partial charge is 0.336 e. The number of benzene rings is 1. The predicted molar refractivity (Wildman–Crippen MR) is 54.8 cm³/mol. The van der Waals surface area contributed by atoms with E-state index in [0.717, 1.165) is 0 Å². The van der Waals surface area contributed by atoms with Crippen molar-refractivity contribution in [3.63, 3.8) is 0 Å². The van der Waals surface area contributed by atoms with Crippen molar-refractivity contribution < 1.29 is 14.8 Å². The Labute approximate surface area is 89.7 Å². The number of aliphatic carboxylic acids is 1. The van der Waals surface area contributed by atoms with Crippen LogP contribution in [0.25, 0.3) is 5.57 Å². The second-order valence-corrected chi connectivity index (χ2v) is 3.08. The number of rotatable bonds is 3. The lowest BCUT2D eigenvalue weighted by molar-refractivity contribution is -0.385. The summed E-state index contributed by atoms with van der Waals surface area (Å²) in [5, 5.41) is 19.3. The van der Waals surface area contributed by atoms with E-state index in [4.69, 9.17) is 16.7 Å². The molecule has 0 fully saturated rings. The van der Waals surface area contributed by atoms with Crippen molar-refractivity contribution in [2.75, 3.05) is 0 Å². The van der Waals surface area contributed by atoms with E-state index >= 15 is 0 Å². The van der Waals surface area contributed by atoms with Crippen LogP contribution in [0.5, 0.6) is 0 Å². The summed E-state index contributed by atoms with van der Waals surface area (Å²) in [6.45, 7) is 3.24. The van der Waals surface area contributed by atoms with Crippen molar-refractivity contribution in [1.82, 2.24) is 0 Å². The lowest BCUT2D eigenvalue weighted by Gasteiger charge is -2.04. The largest absolute Gasteiger partial charge is 0.478 e. The first kappa shape index (κ1) is 11.2. The van der Waals surface area contributed by atoms with Crippen LogP contribution in [0.2, 0.25) is 5.02 Å². The van der Waals surface area contributed by atoms with E-state index in [1.54, 1.807) is 0 Å².